The molecule has 0 aliphatic carbocycles. The highest BCUT2D eigenvalue weighted by Crippen LogP contribution is 2.17. The SMILES string of the molecule is CCc1cccc(NCC(O)COc2cccc(Cl)c2)c1. The second kappa shape index (κ2) is 7.91. The summed E-state index contributed by atoms with van der Waals surface area (Å²) in [6.07, 6.45) is 0.407. The van der Waals surface area contributed by atoms with Gasteiger partial charge >= 0.3 is 0 Å². The first kappa shape index (κ1) is 15.7. The molecule has 0 heterocycles. The molecule has 0 aliphatic rings. The lowest BCUT2D eigenvalue weighted by Crippen LogP contribution is -2.26. The van der Waals surface area contributed by atoms with E-state index in [9.17, 15) is 5.11 Å². The number of nitrogens with one attached hydrogen (secondary N) is 1. The fourth-order valence-electron chi connectivity index (χ4n) is 1.94. The van der Waals surface area contributed by atoms with Gasteiger partial charge in [-0.25, -0.2) is 0 Å². The summed E-state index contributed by atoms with van der Waals surface area (Å²) in [5, 5.41) is 13.8. The molecule has 0 aliphatic heterocycles. The Hall–Kier alpha value is -1.71. The Morgan fingerprint density at radius 1 is 1.19 bits per heavy atom. The van der Waals surface area contributed by atoms with Gasteiger partial charge in [-0.15, -0.1) is 0 Å². The molecule has 0 radical (unpaired) electrons. The van der Waals surface area contributed by atoms with Crippen LogP contribution in [0.15, 0.2) is 48.5 Å². The number of aliphatic hydroxyl groups is 1. The predicted octanol–water partition coefficient (Wildman–Crippen LogP) is 3.75. The molecule has 2 rings (SSSR count). The van der Waals surface area contributed by atoms with Crippen molar-refractivity contribution in [2.45, 2.75) is 19.4 Å². The van der Waals surface area contributed by atoms with E-state index in [0.717, 1.165) is 12.1 Å². The van der Waals surface area contributed by atoms with E-state index < -0.39 is 6.10 Å². The highest BCUT2D eigenvalue weighted by atomic mass is 35.5. The van der Waals surface area contributed by atoms with Crippen LogP contribution in [0.2, 0.25) is 5.02 Å². The molecule has 112 valence electrons. The molecular formula is C17H20ClNO2. The van der Waals surface area contributed by atoms with Crippen LogP contribution in [0.3, 0.4) is 0 Å². The number of benzene rings is 2. The zero-order valence-corrected chi connectivity index (χ0v) is 12.8. The van der Waals surface area contributed by atoms with E-state index in [4.69, 9.17) is 16.3 Å². The molecular weight excluding hydrogens is 286 g/mol. The topological polar surface area (TPSA) is 41.5 Å². The van der Waals surface area contributed by atoms with Gasteiger partial charge in [0.15, 0.2) is 0 Å². The van der Waals surface area contributed by atoms with Gasteiger partial charge in [0, 0.05) is 17.3 Å². The van der Waals surface area contributed by atoms with Crippen LogP contribution in [0.25, 0.3) is 0 Å². The first-order valence-electron chi connectivity index (χ1n) is 7.06. The van der Waals surface area contributed by atoms with Crippen molar-refractivity contribution in [2.24, 2.45) is 0 Å². The zero-order valence-electron chi connectivity index (χ0n) is 12.1. The molecule has 0 fully saturated rings. The van der Waals surface area contributed by atoms with Crippen LogP contribution >= 0.6 is 11.6 Å². The van der Waals surface area contributed by atoms with E-state index in [-0.39, 0.29) is 6.61 Å². The summed E-state index contributed by atoms with van der Waals surface area (Å²) >= 11 is 5.88. The van der Waals surface area contributed by atoms with Gasteiger partial charge in [0.1, 0.15) is 18.5 Å². The molecule has 3 nitrogen and oxygen atoms in total. The van der Waals surface area contributed by atoms with Crippen LogP contribution in [0.1, 0.15) is 12.5 Å². The number of halogens is 1. The Bertz CT molecular complexity index is 574. The maximum absolute atomic E-state index is 9.95. The molecule has 0 bridgehead atoms. The molecule has 0 amide bonds. The number of hydrogen-bond donors (Lipinski definition) is 2. The lowest BCUT2D eigenvalue weighted by Gasteiger charge is -2.14. The standard InChI is InChI=1S/C17H20ClNO2/c1-2-13-5-3-7-15(9-13)19-11-16(20)12-21-17-8-4-6-14(18)10-17/h3-10,16,19-20H,2,11-12H2,1H3. The van der Waals surface area contributed by atoms with Crippen molar-refractivity contribution in [3.05, 3.63) is 59.1 Å². The molecule has 0 spiro atoms. The van der Waals surface area contributed by atoms with Crippen molar-refractivity contribution < 1.29 is 9.84 Å². The molecule has 2 aromatic rings. The molecule has 0 aromatic heterocycles. The van der Waals surface area contributed by atoms with E-state index in [1.165, 1.54) is 5.56 Å². The molecule has 1 unspecified atom stereocenters. The maximum atomic E-state index is 9.95. The number of hydrogen-bond acceptors (Lipinski definition) is 3. The van der Waals surface area contributed by atoms with Crippen molar-refractivity contribution in [1.82, 2.24) is 0 Å². The third-order valence-electron chi connectivity index (χ3n) is 3.12. The van der Waals surface area contributed by atoms with Crippen LogP contribution in [0.5, 0.6) is 5.75 Å². The van der Waals surface area contributed by atoms with Crippen LogP contribution in [0, 0.1) is 0 Å². The molecule has 2 aromatic carbocycles. The van der Waals surface area contributed by atoms with Gasteiger partial charge in [0.2, 0.25) is 0 Å². The normalized spacial score (nSPS) is 12.0. The average molecular weight is 306 g/mol. The van der Waals surface area contributed by atoms with Crippen LogP contribution in [-0.2, 0) is 6.42 Å². The lowest BCUT2D eigenvalue weighted by molar-refractivity contribution is 0.117. The molecule has 0 saturated carbocycles. The largest absolute Gasteiger partial charge is 0.491 e. The average Bonchev–Trinajstić information content (AvgIpc) is 2.51. The second-order valence-corrected chi connectivity index (χ2v) is 5.29. The van der Waals surface area contributed by atoms with Gasteiger partial charge in [-0.3, -0.25) is 0 Å². The Morgan fingerprint density at radius 2 is 2.00 bits per heavy atom. The minimum absolute atomic E-state index is 0.223. The molecule has 2 N–H and O–H groups in total. The summed E-state index contributed by atoms with van der Waals surface area (Å²) in [7, 11) is 0. The first-order chi connectivity index (χ1) is 10.2. The lowest BCUT2D eigenvalue weighted by atomic mass is 10.1. The fraction of sp³-hybridized carbons (Fsp3) is 0.294. The summed E-state index contributed by atoms with van der Waals surface area (Å²) in [5.41, 5.74) is 2.28. The Balaban J connectivity index is 1.78. The number of aryl methyl sites for hydroxylation is 1. The third-order valence-corrected chi connectivity index (χ3v) is 3.35. The summed E-state index contributed by atoms with van der Waals surface area (Å²) in [5.74, 6) is 0.662. The summed E-state index contributed by atoms with van der Waals surface area (Å²) in [4.78, 5) is 0. The van der Waals surface area contributed by atoms with Crippen LogP contribution in [-0.4, -0.2) is 24.4 Å². The van der Waals surface area contributed by atoms with Crippen LogP contribution < -0.4 is 10.1 Å². The van der Waals surface area contributed by atoms with E-state index in [1.54, 1.807) is 12.1 Å². The van der Waals surface area contributed by atoms with Gasteiger partial charge < -0.3 is 15.2 Å². The molecule has 4 heteroatoms. The Morgan fingerprint density at radius 3 is 2.76 bits per heavy atom. The van der Waals surface area contributed by atoms with Gasteiger partial charge in [0.05, 0.1) is 0 Å². The van der Waals surface area contributed by atoms with Crippen LogP contribution in [0.4, 0.5) is 5.69 Å². The summed E-state index contributed by atoms with van der Waals surface area (Å²) in [6, 6.07) is 15.3. The van der Waals surface area contributed by atoms with Crippen molar-refractivity contribution in [3.8, 4) is 5.75 Å². The Kier molecular flexibility index (Phi) is 5.90. The van der Waals surface area contributed by atoms with Gasteiger partial charge in [-0.05, 0) is 42.3 Å². The van der Waals surface area contributed by atoms with Gasteiger partial charge in [-0.1, -0.05) is 36.7 Å². The highest BCUT2D eigenvalue weighted by molar-refractivity contribution is 6.30. The number of anilines is 1. The monoisotopic (exact) mass is 305 g/mol. The predicted molar refractivity (Wildman–Crippen MR) is 87.3 cm³/mol. The van der Waals surface area contributed by atoms with Crippen molar-refractivity contribution >= 4 is 17.3 Å². The molecule has 0 saturated heterocycles. The van der Waals surface area contributed by atoms with Crippen molar-refractivity contribution in [3.63, 3.8) is 0 Å². The summed E-state index contributed by atoms with van der Waals surface area (Å²) in [6.45, 7) is 2.78. The van der Waals surface area contributed by atoms with E-state index in [2.05, 4.69) is 24.4 Å². The summed E-state index contributed by atoms with van der Waals surface area (Å²) < 4.78 is 5.51. The number of rotatable bonds is 7. The molecule has 1 atom stereocenters. The smallest absolute Gasteiger partial charge is 0.120 e. The highest BCUT2D eigenvalue weighted by Gasteiger charge is 2.06. The Labute approximate surface area is 130 Å². The third kappa shape index (κ3) is 5.29. The maximum Gasteiger partial charge on any atom is 0.120 e. The van der Waals surface area contributed by atoms with Crippen molar-refractivity contribution in [2.75, 3.05) is 18.5 Å². The van der Waals surface area contributed by atoms with E-state index in [1.807, 2.05) is 24.3 Å². The van der Waals surface area contributed by atoms with E-state index >= 15 is 0 Å². The molecule has 21 heavy (non-hydrogen) atoms. The quantitative estimate of drug-likeness (QED) is 0.818. The number of ether oxygens (including phenoxy) is 1. The fourth-order valence-corrected chi connectivity index (χ4v) is 2.13. The number of aliphatic hydroxyl groups excluding tert-OH is 1. The first-order valence-corrected chi connectivity index (χ1v) is 7.44. The van der Waals surface area contributed by atoms with E-state index in [0.29, 0.717) is 17.3 Å². The minimum Gasteiger partial charge on any atom is -0.491 e. The minimum atomic E-state index is -0.589. The van der Waals surface area contributed by atoms with Gasteiger partial charge in [0.25, 0.3) is 0 Å². The zero-order chi connectivity index (χ0) is 15.1. The van der Waals surface area contributed by atoms with Crippen molar-refractivity contribution in [1.29, 1.82) is 0 Å². The second-order valence-electron chi connectivity index (χ2n) is 4.86. The van der Waals surface area contributed by atoms with Gasteiger partial charge in [-0.2, -0.15) is 0 Å².